The number of carbonyl (C=O) groups is 2. The number of benzene rings is 1. The zero-order valence-corrected chi connectivity index (χ0v) is 11.3. The van der Waals surface area contributed by atoms with Crippen LogP contribution >= 0.6 is 0 Å². The van der Waals surface area contributed by atoms with Gasteiger partial charge in [0.1, 0.15) is 0 Å². The van der Waals surface area contributed by atoms with Crippen LogP contribution in [0.2, 0.25) is 0 Å². The first-order valence-corrected chi connectivity index (χ1v) is 6.21. The molecule has 19 heavy (non-hydrogen) atoms. The Labute approximate surface area is 112 Å². The Morgan fingerprint density at radius 3 is 2.68 bits per heavy atom. The molecule has 2 rings (SSSR count). The molecule has 98 valence electrons. The summed E-state index contributed by atoms with van der Waals surface area (Å²) < 4.78 is 0. The van der Waals surface area contributed by atoms with Crippen molar-refractivity contribution in [3.8, 4) is 6.07 Å². The lowest BCUT2D eigenvalue weighted by atomic mass is 9.89. The molecule has 0 N–H and O–H groups in total. The van der Waals surface area contributed by atoms with E-state index in [2.05, 4.69) is 6.07 Å². The monoisotopic (exact) mass is 256 g/mol. The third-order valence-corrected chi connectivity index (χ3v) is 3.72. The van der Waals surface area contributed by atoms with Gasteiger partial charge in [0.2, 0.25) is 5.91 Å². The summed E-state index contributed by atoms with van der Waals surface area (Å²) in [5, 5.41) is 9.14. The molecule has 0 bridgehead atoms. The number of nitriles is 1. The molecule has 4 nitrogen and oxygen atoms in total. The standard InChI is InChI=1S/C15H16N2O2/c1-10(18)11-5-4-6-13(7-11)17-14(19)8-12(9-16)15(17,2)3/h4-7,12H,8H2,1-3H3. The van der Waals surface area contributed by atoms with E-state index in [4.69, 9.17) is 5.26 Å². The summed E-state index contributed by atoms with van der Waals surface area (Å²) >= 11 is 0. The normalized spacial score (nSPS) is 21.3. The van der Waals surface area contributed by atoms with E-state index in [1.54, 1.807) is 29.2 Å². The van der Waals surface area contributed by atoms with Gasteiger partial charge >= 0.3 is 0 Å². The summed E-state index contributed by atoms with van der Waals surface area (Å²) in [5.41, 5.74) is 0.697. The molecule has 1 unspecified atom stereocenters. The summed E-state index contributed by atoms with van der Waals surface area (Å²) in [5.74, 6) is -0.443. The van der Waals surface area contributed by atoms with Crippen molar-refractivity contribution in [2.24, 2.45) is 5.92 Å². The lowest BCUT2D eigenvalue weighted by molar-refractivity contribution is -0.117. The largest absolute Gasteiger partial charge is 0.305 e. The van der Waals surface area contributed by atoms with Crippen molar-refractivity contribution < 1.29 is 9.59 Å². The Bertz CT molecular complexity index is 584. The number of carbonyl (C=O) groups excluding carboxylic acids is 2. The molecule has 0 aliphatic carbocycles. The highest BCUT2D eigenvalue weighted by atomic mass is 16.2. The summed E-state index contributed by atoms with van der Waals surface area (Å²) in [6, 6.07) is 9.18. The fourth-order valence-corrected chi connectivity index (χ4v) is 2.54. The van der Waals surface area contributed by atoms with Crippen molar-refractivity contribution in [1.82, 2.24) is 0 Å². The molecule has 1 amide bonds. The van der Waals surface area contributed by atoms with Crippen molar-refractivity contribution >= 4 is 17.4 Å². The zero-order chi connectivity index (χ0) is 14.2. The molecule has 1 fully saturated rings. The number of amides is 1. The minimum Gasteiger partial charge on any atom is -0.305 e. The predicted molar refractivity (Wildman–Crippen MR) is 71.7 cm³/mol. The Morgan fingerprint density at radius 1 is 1.47 bits per heavy atom. The Hall–Kier alpha value is -2.15. The number of rotatable bonds is 2. The van der Waals surface area contributed by atoms with Gasteiger partial charge in [0, 0.05) is 17.7 Å². The van der Waals surface area contributed by atoms with Gasteiger partial charge in [-0.05, 0) is 32.9 Å². The summed E-state index contributed by atoms with van der Waals surface area (Å²) in [6.45, 7) is 5.26. The zero-order valence-electron chi connectivity index (χ0n) is 11.3. The molecule has 1 aliphatic heterocycles. The van der Waals surface area contributed by atoms with Crippen molar-refractivity contribution in [3.63, 3.8) is 0 Å². The first kappa shape index (κ1) is 13.3. The number of hydrogen-bond donors (Lipinski definition) is 0. The van der Waals surface area contributed by atoms with Gasteiger partial charge < -0.3 is 4.90 Å². The van der Waals surface area contributed by atoms with Crippen LogP contribution in [0.15, 0.2) is 24.3 Å². The highest BCUT2D eigenvalue weighted by molar-refractivity contribution is 6.00. The van der Waals surface area contributed by atoms with E-state index in [0.717, 1.165) is 0 Å². The molecule has 0 radical (unpaired) electrons. The topological polar surface area (TPSA) is 61.2 Å². The van der Waals surface area contributed by atoms with Crippen LogP contribution in [0.3, 0.4) is 0 Å². The van der Waals surface area contributed by atoms with Crippen molar-refractivity contribution in [2.75, 3.05) is 4.90 Å². The number of Topliss-reactive ketones (excluding diaryl/α,β-unsaturated/α-hetero) is 1. The molecule has 1 aromatic carbocycles. The molecular formula is C15H16N2O2. The van der Waals surface area contributed by atoms with Gasteiger partial charge in [-0.25, -0.2) is 0 Å². The first-order chi connectivity index (χ1) is 8.87. The minimum atomic E-state index is -0.554. The Balaban J connectivity index is 2.47. The SMILES string of the molecule is CC(=O)c1cccc(N2C(=O)CC(C#N)C2(C)C)c1. The van der Waals surface area contributed by atoms with E-state index < -0.39 is 5.54 Å². The quantitative estimate of drug-likeness (QED) is 0.764. The van der Waals surface area contributed by atoms with Gasteiger partial charge in [0.15, 0.2) is 5.78 Å². The number of ketones is 1. The van der Waals surface area contributed by atoms with E-state index in [-0.39, 0.29) is 24.0 Å². The van der Waals surface area contributed by atoms with Gasteiger partial charge in [0.25, 0.3) is 0 Å². The Kier molecular flexibility index (Phi) is 3.15. The highest BCUT2D eigenvalue weighted by Crippen LogP contribution is 2.38. The molecule has 1 aromatic rings. The average molecular weight is 256 g/mol. The smallest absolute Gasteiger partial charge is 0.228 e. The molecule has 0 saturated carbocycles. The predicted octanol–water partition coefficient (Wildman–Crippen LogP) is 2.54. The van der Waals surface area contributed by atoms with Crippen molar-refractivity contribution in [3.05, 3.63) is 29.8 Å². The summed E-state index contributed by atoms with van der Waals surface area (Å²) in [7, 11) is 0. The molecule has 1 saturated heterocycles. The third-order valence-electron chi connectivity index (χ3n) is 3.72. The average Bonchev–Trinajstić information content (AvgIpc) is 2.58. The first-order valence-electron chi connectivity index (χ1n) is 6.21. The number of hydrogen-bond acceptors (Lipinski definition) is 3. The van der Waals surface area contributed by atoms with Gasteiger partial charge in [-0.3, -0.25) is 9.59 Å². The van der Waals surface area contributed by atoms with Crippen LogP contribution < -0.4 is 4.90 Å². The molecular weight excluding hydrogens is 240 g/mol. The second kappa shape index (κ2) is 4.51. The fourth-order valence-electron chi connectivity index (χ4n) is 2.54. The van der Waals surface area contributed by atoms with Crippen LogP contribution in [-0.4, -0.2) is 17.2 Å². The van der Waals surface area contributed by atoms with Crippen molar-refractivity contribution in [2.45, 2.75) is 32.7 Å². The van der Waals surface area contributed by atoms with E-state index in [1.807, 2.05) is 13.8 Å². The molecule has 1 aliphatic rings. The van der Waals surface area contributed by atoms with Crippen LogP contribution in [0, 0.1) is 17.2 Å². The van der Waals surface area contributed by atoms with E-state index in [0.29, 0.717) is 11.3 Å². The summed E-state index contributed by atoms with van der Waals surface area (Å²) in [4.78, 5) is 25.2. The molecule has 1 atom stereocenters. The molecule has 0 spiro atoms. The number of anilines is 1. The van der Waals surface area contributed by atoms with Crippen LogP contribution in [0.1, 0.15) is 37.6 Å². The second-order valence-corrected chi connectivity index (χ2v) is 5.38. The Morgan fingerprint density at radius 2 is 2.16 bits per heavy atom. The molecule has 0 aromatic heterocycles. The van der Waals surface area contributed by atoms with E-state index >= 15 is 0 Å². The van der Waals surface area contributed by atoms with E-state index in [1.165, 1.54) is 6.92 Å². The second-order valence-electron chi connectivity index (χ2n) is 5.38. The highest BCUT2D eigenvalue weighted by Gasteiger charge is 2.47. The van der Waals surface area contributed by atoms with Gasteiger partial charge in [-0.2, -0.15) is 5.26 Å². The van der Waals surface area contributed by atoms with Crippen LogP contribution in [0.5, 0.6) is 0 Å². The summed E-state index contributed by atoms with van der Waals surface area (Å²) in [6.07, 6.45) is 0.230. The lowest BCUT2D eigenvalue weighted by Crippen LogP contribution is -2.44. The van der Waals surface area contributed by atoms with Gasteiger partial charge in [0.05, 0.1) is 17.5 Å². The maximum atomic E-state index is 12.1. The maximum Gasteiger partial charge on any atom is 0.228 e. The van der Waals surface area contributed by atoms with Crippen LogP contribution in [-0.2, 0) is 4.79 Å². The lowest BCUT2D eigenvalue weighted by Gasteiger charge is -2.33. The number of nitrogens with zero attached hydrogens (tertiary/aromatic N) is 2. The van der Waals surface area contributed by atoms with Crippen LogP contribution in [0.4, 0.5) is 5.69 Å². The van der Waals surface area contributed by atoms with Gasteiger partial charge in [-0.15, -0.1) is 0 Å². The molecule has 4 heteroatoms. The maximum absolute atomic E-state index is 12.1. The van der Waals surface area contributed by atoms with E-state index in [9.17, 15) is 9.59 Å². The van der Waals surface area contributed by atoms with Gasteiger partial charge in [-0.1, -0.05) is 12.1 Å². The third kappa shape index (κ3) is 2.12. The van der Waals surface area contributed by atoms with Crippen molar-refractivity contribution in [1.29, 1.82) is 5.26 Å². The minimum absolute atomic E-state index is 0.0388. The fraction of sp³-hybridized carbons (Fsp3) is 0.400. The molecule has 1 heterocycles. The van der Waals surface area contributed by atoms with Crippen LogP contribution in [0.25, 0.3) is 0 Å².